The molecule has 0 aromatic carbocycles. The van der Waals surface area contributed by atoms with Gasteiger partial charge in [-0.3, -0.25) is 4.79 Å². The SMILES string of the molecule is Cc1c(C(N)=O)c(-c2cccs2)c(C)n1CCCO. The molecule has 0 radical (unpaired) electrons. The van der Waals surface area contributed by atoms with Crippen molar-refractivity contribution < 1.29 is 9.90 Å². The summed E-state index contributed by atoms with van der Waals surface area (Å²) < 4.78 is 2.06. The second-order valence-electron chi connectivity index (χ2n) is 4.49. The molecule has 2 aromatic heterocycles. The number of carbonyl (C=O) groups excluding carboxylic acids is 1. The lowest BCUT2D eigenvalue weighted by Gasteiger charge is -2.08. The maximum Gasteiger partial charge on any atom is 0.251 e. The number of nitrogens with two attached hydrogens (primary N) is 1. The standard InChI is InChI=1S/C14H18N2O2S/c1-9-12(11-5-3-8-19-11)13(14(15)18)10(2)16(9)6-4-7-17/h3,5,8,17H,4,6-7H2,1-2H3,(H2,15,18). The third kappa shape index (κ3) is 2.43. The van der Waals surface area contributed by atoms with E-state index in [4.69, 9.17) is 10.8 Å². The molecule has 0 spiro atoms. The summed E-state index contributed by atoms with van der Waals surface area (Å²) in [4.78, 5) is 12.8. The number of carbonyl (C=O) groups is 1. The first-order chi connectivity index (χ1) is 9.07. The number of thiophene rings is 1. The van der Waals surface area contributed by atoms with Crippen molar-refractivity contribution in [2.75, 3.05) is 6.61 Å². The van der Waals surface area contributed by atoms with Crippen molar-refractivity contribution >= 4 is 17.2 Å². The van der Waals surface area contributed by atoms with Crippen LogP contribution in [0.1, 0.15) is 28.2 Å². The smallest absolute Gasteiger partial charge is 0.251 e. The van der Waals surface area contributed by atoms with Crippen LogP contribution < -0.4 is 5.73 Å². The lowest BCUT2D eigenvalue weighted by molar-refractivity contribution is 0.1000. The summed E-state index contributed by atoms with van der Waals surface area (Å²) in [6.45, 7) is 4.73. The summed E-state index contributed by atoms with van der Waals surface area (Å²) in [7, 11) is 0. The lowest BCUT2D eigenvalue weighted by atomic mass is 10.1. The largest absolute Gasteiger partial charge is 0.396 e. The number of hydrogen-bond acceptors (Lipinski definition) is 3. The Labute approximate surface area is 116 Å². The zero-order valence-corrected chi connectivity index (χ0v) is 12.0. The lowest BCUT2D eigenvalue weighted by Crippen LogP contribution is -2.13. The van der Waals surface area contributed by atoms with Crippen LogP contribution in [0.2, 0.25) is 0 Å². The van der Waals surface area contributed by atoms with E-state index in [1.54, 1.807) is 11.3 Å². The molecule has 3 N–H and O–H groups in total. The predicted octanol–water partition coefficient (Wildman–Crippen LogP) is 2.31. The second kappa shape index (κ2) is 5.59. The van der Waals surface area contributed by atoms with Crippen molar-refractivity contribution in [1.82, 2.24) is 4.57 Å². The minimum absolute atomic E-state index is 0.136. The summed E-state index contributed by atoms with van der Waals surface area (Å²) in [5.41, 5.74) is 8.97. The van der Waals surface area contributed by atoms with Crippen LogP contribution in [0.4, 0.5) is 0 Å². The Kier molecular flexibility index (Phi) is 4.07. The van der Waals surface area contributed by atoms with Crippen molar-refractivity contribution in [3.05, 3.63) is 34.5 Å². The zero-order valence-electron chi connectivity index (χ0n) is 11.1. The molecule has 5 heteroatoms. The van der Waals surface area contributed by atoms with E-state index in [-0.39, 0.29) is 6.61 Å². The highest BCUT2D eigenvalue weighted by Gasteiger charge is 2.22. The van der Waals surface area contributed by atoms with Crippen LogP contribution in [0.5, 0.6) is 0 Å². The van der Waals surface area contributed by atoms with Gasteiger partial charge in [-0.25, -0.2) is 0 Å². The highest BCUT2D eigenvalue weighted by atomic mass is 32.1. The molecule has 0 saturated carbocycles. The second-order valence-corrected chi connectivity index (χ2v) is 5.44. The molecule has 2 aromatic rings. The fourth-order valence-electron chi connectivity index (χ4n) is 2.47. The molecule has 19 heavy (non-hydrogen) atoms. The van der Waals surface area contributed by atoms with Gasteiger partial charge in [-0.1, -0.05) is 6.07 Å². The predicted molar refractivity (Wildman–Crippen MR) is 77.4 cm³/mol. The molecule has 0 aliphatic carbocycles. The van der Waals surface area contributed by atoms with E-state index >= 15 is 0 Å². The maximum atomic E-state index is 11.7. The molecule has 0 aliphatic rings. The summed E-state index contributed by atoms with van der Waals surface area (Å²) in [6.07, 6.45) is 0.665. The zero-order chi connectivity index (χ0) is 14.0. The van der Waals surface area contributed by atoms with Gasteiger partial charge in [-0.2, -0.15) is 0 Å². The molecule has 0 bridgehead atoms. The van der Waals surface area contributed by atoms with E-state index < -0.39 is 5.91 Å². The summed E-state index contributed by atoms with van der Waals surface area (Å²) in [6, 6.07) is 3.96. The van der Waals surface area contributed by atoms with Crippen LogP contribution in [0.15, 0.2) is 17.5 Å². The quantitative estimate of drug-likeness (QED) is 0.881. The number of nitrogens with zero attached hydrogens (tertiary/aromatic N) is 1. The van der Waals surface area contributed by atoms with E-state index in [0.29, 0.717) is 18.5 Å². The Morgan fingerprint density at radius 3 is 2.68 bits per heavy atom. The van der Waals surface area contributed by atoms with Crippen molar-refractivity contribution in [2.45, 2.75) is 26.8 Å². The van der Waals surface area contributed by atoms with E-state index in [1.165, 1.54) is 0 Å². The van der Waals surface area contributed by atoms with E-state index in [9.17, 15) is 4.79 Å². The maximum absolute atomic E-state index is 11.7. The van der Waals surface area contributed by atoms with Crippen LogP contribution in [0, 0.1) is 13.8 Å². The Morgan fingerprint density at radius 2 is 2.16 bits per heavy atom. The van der Waals surface area contributed by atoms with Gasteiger partial charge in [0, 0.05) is 35.0 Å². The van der Waals surface area contributed by atoms with Crippen LogP contribution >= 0.6 is 11.3 Å². The molecule has 4 nitrogen and oxygen atoms in total. The highest BCUT2D eigenvalue weighted by Crippen LogP contribution is 2.35. The summed E-state index contributed by atoms with van der Waals surface area (Å²) in [5, 5.41) is 11.0. The van der Waals surface area contributed by atoms with Gasteiger partial charge in [0.05, 0.1) is 5.56 Å². The highest BCUT2D eigenvalue weighted by molar-refractivity contribution is 7.13. The molecule has 0 saturated heterocycles. The molecule has 0 atom stereocenters. The Morgan fingerprint density at radius 1 is 1.42 bits per heavy atom. The molecular weight excluding hydrogens is 260 g/mol. The van der Waals surface area contributed by atoms with E-state index in [1.807, 2.05) is 31.4 Å². The number of aliphatic hydroxyl groups excluding tert-OH is 1. The van der Waals surface area contributed by atoms with E-state index in [2.05, 4.69) is 4.57 Å². The number of amides is 1. The van der Waals surface area contributed by atoms with Gasteiger partial charge in [0.1, 0.15) is 0 Å². The van der Waals surface area contributed by atoms with Crippen molar-refractivity contribution in [3.63, 3.8) is 0 Å². The van der Waals surface area contributed by atoms with Crippen LogP contribution in [-0.4, -0.2) is 22.2 Å². The minimum Gasteiger partial charge on any atom is -0.396 e. The number of hydrogen-bond donors (Lipinski definition) is 2. The molecule has 0 unspecified atom stereocenters. The molecule has 0 aliphatic heterocycles. The number of primary amides is 1. The van der Waals surface area contributed by atoms with Gasteiger partial charge >= 0.3 is 0 Å². The van der Waals surface area contributed by atoms with Gasteiger partial charge in [0.2, 0.25) is 0 Å². The fraction of sp³-hybridized carbons (Fsp3) is 0.357. The third-order valence-corrected chi connectivity index (χ3v) is 4.22. The summed E-state index contributed by atoms with van der Waals surface area (Å²) in [5.74, 6) is -0.397. The van der Waals surface area contributed by atoms with Crippen molar-refractivity contribution in [1.29, 1.82) is 0 Å². The monoisotopic (exact) mass is 278 g/mol. The van der Waals surface area contributed by atoms with Crippen LogP contribution in [-0.2, 0) is 6.54 Å². The normalized spacial score (nSPS) is 10.9. The topological polar surface area (TPSA) is 68.2 Å². The fourth-order valence-corrected chi connectivity index (χ4v) is 3.30. The van der Waals surface area contributed by atoms with Crippen molar-refractivity contribution in [2.24, 2.45) is 5.73 Å². The molecule has 102 valence electrons. The van der Waals surface area contributed by atoms with Gasteiger partial charge in [0.15, 0.2) is 0 Å². The first-order valence-corrected chi connectivity index (χ1v) is 7.10. The third-order valence-electron chi connectivity index (χ3n) is 3.34. The van der Waals surface area contributed by atoms with Gasteiger partial charge in [0.25, 0.3) is 5.91 Å². The first-order valence-electron chi connectivity index (χ1n) is 6.22. The Hall–Kier alpha value is -1.59. The van der Waals surface area contributed by atoms with Crippen LogP contribution in [0.3, 0.4) is 0 Å². The Bertz CT molecular complexity index is 585. The number of aliphatic hydroxyl groups is 1. The molecular formula is C14H18N2O2S. The molecule has 2 heterocycles. The summed E-state index contributed by atoms with van der Waals surface area (Å²) >= 11 is 1.60. The van der Waals surface area contributed by atoms with E-state index in [0.717, 1.165) is 21.8 Å². The van der Waals surface area contributed by atoms with Crippen molar-refractivity contribution in [3.8, 4) is 10.4 Å². The minimum atomic E-state index is -0.397. The number of rotatable bonds is 5. The van der Waals surface area contributed by atoms with Gasteiger partial charge < -0.3 is 15.4 Å². The first kappa shape index (κ1) is 13.8. The number of aromatic nitrogens is 1. The molecule has 1 amide bonds. The van der Waals surface area contributed by atoms with Gasteiger partial charge in [-0.15, -0.1) is 11.3 Å². The van der Waals surface area contributed by atoms with Crippen LogP contribution in [0.25, 0.3) is 10.4 Å². The molecule has 0 fully saturated rings. The Balaban J connectivity index is 2.61. The average molecular weight is 278 g/mol. The van der Waals surface area contributed by atoms with Gasteiger partial charge in [-0.05, 0) is 31.7 Å². The molecule has 2 rings (SSSR count). The average Bonchev–Trinajstić information content (AvgIpc) is 2.95.